The van der Waals surface area contributed by atoms with Crippen molar-refractivity contribution in [2.45, 2.75) is 45.6 Å². The van der Waals surface area contributed by atoms with Crippen molar-refractivity contribution < 1.29 is 19.1 Å². The third kappa shape index (κ3) is 4.53. The normalized spacial score (nSPS) is 18.4. The third-order valence-corrected chi connectivity index (χ3v) is 5.52. The van der Waals surface area contributed by atoms with E-state index in [1.54, 1.807) is 17.8 Å². The summed E-state index contributed by atoms with van der Waals surface area (Å²) in [7, 11) is 4.48. The molecular formula is C21H30N4O4. The van der Waals surface area contributed by atoms with Crippen molar-refractivity contribution in [3.05, 3.63) is 18.0 Å². The average molecular weight is 402 g/mol. The maximum Gasteiger partial charge on any atom is 0.356 e. The summed E-state index contributed by atoms with van der Waals surface area (Å²) in [6, 6.07) is 2.30. The first-order chi connectivity index (χ1) is 13.8. The molecule has 1 saturated carbocycles. The van der Waals surface area contributed by atoms with Crippen molar-refractivity contribution in [3.63, 3.8) is 0 Å². The fourth-order valence-corrected chi connectivity index (χ4v) is 4.21. The van der Waals surface area contributed by atoms with Crippen molar-refractivity contribution in [1.82, 2.24) is 9.55 Å². The number of aromatic nitrogens is 2. The summed E-state index contributed by atoms with van der Waals surface area (Å²) in [6.07, 6.45) is 6.40. The van der Waals surface area contributed by atoms with Gasteiger partial charge in [-0.05, 0) is 30.7 Å². The van der Waals surface area contributed by atoms with Crippen molar-refractivity contribution in [1.29, 1.82) is 0 Å². The summed E-state index contributed by atoms with van der Waals surface area (Å²) in [6.45, 7) is 4.48. The number of anilines is 2. The molecular weight excluding hydrogens is 372 g/mol. The lowest BCUT2D eigenvalue weighted by Crippen LogP contribution is -2.31. The van der Waals surface area contributed by atoms with Gasteiger partial charge in [-0.2, -0.15) is 0 Å². The number of nitrogens with one attached hydrogen (secondary N) is 2. The molecule has 158 valence electrons. The Hall–Kier alpha value is -2.61. The summed E-state index contributed by atoms with van der Waals surface area (Å²) in [5.41, 5.74) is 2.40. The number of pyridine rings is 1. The highest BCUT2D eigenvalue weighted by Gasteiger charge is 2.28. The van der Waals surface area contributed by atoms with E-state index in [9.17, 15) is 9.59 Å². The summed E-state index contributed by atoms with van der Waals surface area (Å²) < 4.78 is 11.5. The zero-order chi connectivity index (χ0) is 21.2. The van der Waals surface area contributed by atoms with Gasteiger partial charge in [0.15, 0.2) is 5.69 Å². The van der Waals surface area contributed by atoms with Crippen LogP contribution in [0.5, 0.6) is 0 Å². The number of nitrogens with zero attached hydrogens (tertiary/aromatic N) is 2. The number of carbonyl (C=O) groups excluding carboxylic acids is 2. The van der Waals surface area contributed by atoms with Gasteiger partial charge in [-0.25, -0.2) is 9.78 Å². The van der Waals surface area contributed by atoms with E-state index < -0.39 is 5.97 Å². The molecule has 29 heavy (non-hydrogen) atoms. The van der Waals surface area contributed by atoms with Gasteiger partial charge < -0.3 is 24.7 Å². The van der Waals surface area contributed by atoms with E-state index in [-0.39, 0.29) is 18.2 Å². The lowest BCUT2D eigenvalue weighted by Gasteiger charge is -2.36. The molecule has 0 spiro atoms. The summed E-state index contributed by atoms with van der Waals surface area (Å²) >= 11 is 0. The summed E-state index contributed by atoms with van der Waals surface area (Å²) in [4.78, 5) is 29.1. The molecule has 1 atom stereocenters. The van der Waals surface area contributed by atoms with Crippen LogP contribution in [0.1, 0.15) is 50.0 Å². The van der Waals surface area contributed by atoms with Gasteiger partial charge in [0, 0.05) is 25.6 Å². The Morgan fingerprint density at radius 2 is 2.10 bits per heavy atom. The van der Waals surface area contributed by atoms with E-state index in [1.807, 2.05) is 6.07 Å². The second-order valence-electron chi connectivity index (χ2n) is 8.45. The fourth-order valence-electron chi connectivity index (χ4n) is 4.21. The first kappa shape index (κ1) is 21.1. The number of hydrogen-bond acceptors (Lipinski definition) is 6. The number of rotatable bonds is 6. The Bertz CT molecular complexity index is 919. The first-order valence-corrected chi connectivity index (χ1v) is 9.88. The number of amides is 1. The van der Waals surface area contributed by atoms with Crippen LogP contribution in [0.15, 0.2) is 12.3 Å². The van der Waals surface area contributed by atoms with Gasteiger partial charge in [0.25, 0.3) is 0 Å². The van der Waals surface area contributed by atoms with Gasteiger partial charge in [-0.1, -0.05) is 20.3 Å². The van der Waals surface area contributed by atoms with Crippen LogP contribution in [0.2, 0.25) is 0 Å². The zero-order valence-corrected chi connectivity index (χ0v) is 17.8. The van der Waals surface area contributed by atoms with E-state index in [0.717, 1.165) is 18.5 Å². The number of fused-ring (bicyclic) bond motifs is 1. The molecule has 3 rings (SSSR count). The molecule has 0 radical (unpaired) electrons. The predicted octanol–water partition coefficient (Wildman–Crippen LogP) is 3.33. The first-order valence-electron chi connectivity index (χ1n) is 9.88. The number of aryl methyl sites for hydroxylation is 1. The maximum absolute atomic E-state index is 12.4. The van der Waals surface area contributed by atoms with Gasteiger partial charge in [0.05, 0.1) is 24.7 Å². The van der Waals surface area contributed by atoms with Crippen molar-refractivity contribution in [3.8, 4) is 0 Å². The van der Waals surface area contributed by atoms with Crippen LogP contribution in [0.4, 0.5) is 11.4 Å². The monoisotopic (exact) mass is 402 g/mol. The Balaban J connectivity index is 1.99. The van der Waals surface area contributed by atoms with Crippen LogP contribution in [0, 0.1) is 5.41 Å². The minimum Gasteiger partial charge on any atom is -0.464 e. The van der Waals surface area contributed by atoms with E-state index in [2.05, 4.69) is 29.5 Å². The van der Waals surface area contributed by atoms with E-state index >= 15 is 0 Å². The van der Waals surface area contributed by atoms with Crippen LogP contribution in [-0.4, -0.2) is 48.3 Å². The molecule has 0 saturated heterocycles. The Labute approximate surface area is 171 Å². The van der Waals surface area contributed by atoms with Gasteiger partial charge >= 0.3 is 5.97 Å². The highest BCUT2D eigenvalue weighted by Crippen LogP contribution is 2.37. The molecule has 0 aromatic carbocycles. The molecule has 1 amide bonds. The molecule has 2 heterocycles. The third-order valence-electron chi connectivity index (χ3n) is 5.52. The average Bonchev–Trinajstić information content (AvgIpc) is 2.92. The highest BCUT2D eigenvalue weighted by atomic mass is 16.5. The van der Waals surface area contributed by atoms with Crippen LogP contribution < -0.4 is 10.6 Å². The lowest BCUT2D eigenvalue weighted by atomic mass is 9.75. The number of methoxy groups -OCH3 is 2. The van der Waals surface area contributed by atoms with Crippen molar-refractivity contribution in [2.75, 3.05) is 31.5 Å². The van der Waals surface area contributed by atoms with Crippen LogP contribution >= 0.6 is 0 Å². The predicted molar refractivity (Wildman–Crippen MR) is 112 cm³/mol. The molecule has 0 bridgehead atoms. The SMILES string of the molecule is COCC(=O)Nc1c(C(=O)OC)n(C)c2ncc(NC3CCCC(C)(C)C3)cc12. The number of ether oxygens (including phenoxy) is 2. The Morgan fingerprint density at radius 3 is 2.76 bits per heavy atom. The Kier molecular flexibility index (Phi) is 6.12. The minimum atomic E-state index is -0.540. The summed E-state index contributed by atoms with van der Waals surface area (Å²) in [5.74, 6) is -0.890. The quantitative estimate of drug-likeness (QED) is 0.720. The van der Waals surface area contributed by atoms with Crippen LogP contribution in [0.25, 0.3) is 11.0 Å². The molecule has 2 aromatic heterocycles. The van der Waals surface area contributed by atoms with Crippen LogP contribution in [-0.2, 0) is 21.3 Å². The van der Waals surface area contributed by atoms with E-state index in [1.165, 1.54) is 27.1 Å². The maximum atomic E-state index is 12.4. The van der Waals surface area contributed by atoms with E-state index in [0.29, 0.717) is 28.2 Å². The molecule has 1 aliphatic carbocycles. The minimum absolute atomic E-state index is 0.112. The highest BCUT2D eigenvalue weighted by molar-refractivity contribution is 6.11. The fraction of sp³-hybridized carbons (Fsp3) is 0.571. The molecule has 8 heteroatoms. The largest absolute Gasteiger partial charge is 0.464 e. The van der Waals surface area contributed by atoms with Gasteiger partial charge in [0.2, 0.25) is 5.91 Å². The Morgan fingerprint density at radius 1 is 1.34 bits per heavy atom. The number of esters is 1. The molecule has 0 aliphatic heterocycles. The standard InChI is InChI=1S/C21H30N4O4/c1-21(2)8-6-7-13(10-21)23-14-9-15-17(24-16(26)12-28-4)18(20(27)29-5)25(3)19(15)22-11-14/h9,11,13,23H,6-8,10,12H2,1-5H3,(H,24,26). The summed E-state index contributed by atoms with van der Waals surface area (Å²) in [5, 5.41) is 7.04. The molecule has 2 N–H and O–H groups in total. The number of carbonyl (C=O) groups is 2. The molecule has 2 aromatic rings. The number of hydrogen-bond donors (Lipinski definition) is 2. The second-order valence-corrected chi connectivity index (χ2v) is 8.45. The van der Waals surface area contributed by atoms with Crippen LogP contribution in [0.3, 0.4) is 0 Å². The van der Waals surface area contributed by atoms with Crippen molar-refractivity contribution >= 4 is 34.3 Å². The molecule has 1 fully saturated rings. The lowest BCUT2D eigenvalue weighted by molar-refractivity contribution is -0.119. The smallest absolute Gasteiger partial charge is 0.356 e. The molecule has 8 nitrogen and oxygen atoms in total. The van der Waals surface area contributed by atoms with Crippen molar-refractivity contribution in [2.24, 2.45) is 12.5 Å². The van der Waals surface area contributed by atoms with Gasteiger partial charge in [-0.15, -0.1) is 0 Å². The topological polar surface area (TPSA) is 94.5 Å². The van der Waals surface area contributed by atoms with E-state index in [4.69, 9.17) is 9.47 Å². The van der Waals surface area contributed by atoms with Gasteiger partial charge in [0.1, 0.15) is 12.3 Å². The van der Waals surface area contributed by atoms with Gasteiger partial charge in [-0.3, -0.25) is 4.79 Å². The zero-order valence-electron chi connectivity index (χ0n) is 17.8. The second kappa shape index (κ2) is 8.41. The molecule has 1 unspecified atom stereocenters. The molecule has 1 aliphatic rings.